The van der Waals surface area contributed by atoms with Crippen molar-refractivity contribution in [2.45, 2.75) is 78.5 Å². The van der Waals surface area contributed by atoms with E-state index < -0.39 is 11.6 Å². The fraction of sp³-hybridized carbons (Fsp3) is 0.571. The van der Waals surface area contributed by atoms with Crippen LogP contribution in [0.4, 0.5) is 0 Å². The van der Waals surface area contributed by atoms with Crippen LogP contribution in [-0.4, -0.2) is 31.0 Å². The van der Waals surface area contributed by atoms with Gasteiger partial charge >= 0.3 is 11.7 Å². The average molecular weight is 389 g/mol. The van der Waals surface area contributed by atoms with Gasteiger partial charge in [0.15, 0.2) is 5.60 Å². The van der Waals surface area contributed by atoms with E-state index in [0.29, 0.717) is 25.3 Å². The summed E-state index contributed by atoms with van der Waals surface area (Å²) in [6.07, 6.45) is 4.27. The van der Waals surface area contributed by atoms with E-state index in [4.69, 9.17) is 9.84 Å². The third-order valence-electron chi connectivity index (χ3n) is 4.62. The Balaban J connectivity index is 2.07. The molecule has 0 fully saturated rings. The fourth-order valence-electron chi connectivity index (χ4n) is 2.89. The van der Waals surface area contributed by atoms with E-state index in [1.165, 1.54) is 13.8 Å². The summed E-state index contributed by atoms with van der Waals surface area (Å²) in [5, 5.41) is 13.7. The maximum absolute atomic E-state index is 12.5. The molecule has 0 saturated carbocycles. The first-order chi connectivity index (χ1) is 13.3. The van der Waals surface area contributed by atoms with Gasteiger partial charge < -0.3 is 9.84 Å². The first-order valence-corrected chi connectivity index (χ1v) is 9.96. The normalized spacial score (nSPS) is 11.6. The molecule has 0 amide bonds. The van der Waals surface area contributed by atoms with E-state index >= 15 is 0 Å². The van der Waals surface area contributed by atoms with Gasteiger partial charge in [-0.2, -0.15) is 5.10 Å². The predicted molar refractivity (Wildman–Crippen MR) is 108 cm³/mol. The molecule has 154 valence electrons. The second kappa shape index (κ2) is 9.57. The van der Waals surface area contributed by atoms with Crippen LogP contribution in [0.5, 0.6) is 5.75 Å². The summed E-state index contributed by atoms with van der Waals surface area (Å²) in [6.45, 7) is 8.52. The van der Waals surface area contributed by atoms with Crippen LogP contribution in [0.15, 0.2) is 29.1 Å². The second-order valence-corrected chi connectivity index (χ2v) is 7.49. The molecular formula is C21H31N3O4. The third-order valence-corrected chi connectivity index (χ3v) is 4.62. The van der Waals surface area contributed by atoms with E-state index in [1.54, 1.807) is 21.4 Å². The van der Waals surface area contributed by atoms with Gasteiger partial charge in [0.1, 0.15) is 11.6 Å². The van der Waals surface area contributed by atoms with Crippen LogP contribution in [0.25, 0.3) is 0 Å². The molecule has 2 rings (SSSR count). The molecule has 0 aliphatic heterocycles. The van der Waals surface area contributed by atoms with Gasteiger partial charge in [0.2, 0.25) is 0 Å². The van der Waals surface area contributed by atoms with Gasteiger partial charge in [-0.3, -0.25) is 4.57 Å². The fourth-order valence-corrected chi connectivity index (χ4v) is 2.89. The minimum absolute atomic E-state index is 0.0232. The minimum atomic E-state index is -1.27. The van der Waals surface area contributed by atoms with Crippen molar-refractivity contribution < 1.29 is 14.6 Å². The Labute approximate surface area is 166 Å². The van der Waals surface area contributed by atoms with Crippen molar-refractivity contribution in [2.75, 3.05) is 0 Å². The summed E-state index contributed by atoms with van der Waals surface area (Å²) in [5.41, 5.74) is -0.215. The van der Waals surface area contributed by atoms with Crippen molar-refractivity contribution in [1.29, 1.82) is 0 Å². The lowest BCUT2D eigenvalue weighted by molar-refractivity contribution is -0.152. The Kier molecular flexibility index (Phi) is 7.43. The van der Waals surface area contributed by atoms with Gasteiger partial charge in [-0.05, 0) is 50.8 Å². The number of carboxylic acids is 1. The van der Waals surface area contributed by atoms with Crippen molar-refractivity contribution in [1.82, 2.24) is 14.3 Å². The highest BCUT2D eigenvalue weighted by Gasteiger charge is 2.29. The Bertz CT molecular complexity index is 834. The van der Waals surface area contributed by atoms with E-state index in [9.17, 15) is 9.59 Å². The first kappa shape index (κ1) is 21.7. The van der Waals surface area contributed by atoms with Gasteiger partial charge in [-0.25, -0.2) is 14.3 Å². The Hall–Kier alpha value is -2.57. The standard InChI is InChI=1S/C21H31N3O4/c1-5-7-15-24-20(27)23(14-6-2)18(22-24)13-10-16-8-11-17(12-9-16)28-21(3,4)19(25)26/h8-9,11-12H,5-7,10,13-15H2,1-4H3,(H,25,26). The predicted octanol–water partition coefficient (Wildman–Crippen LogP) is 3.28. The SMILES string of the molecule is CCCCn1nc(CCc2ccc(OC(C)(C)C(=O)O)cc2)n(CCC)c1=O. The van der Waals surface area contributed by atoms with E-state index in [0.717, 1.165) is 37.1 Å². The van der Waals surface area contributed by atoms with E-state index in [2.05, 4.69) is 18.9 Å². The number of benzene rings is 1. The average Bonchev–Trinajstić information content (AvgIpc) is 2.95. The number of ether oxygens (including phenoxy) is 1. The molecule has 0 unspecified atom stereocenters. The minimum Gasteiger partial charge on any atom is -0.478 e. The first-order valence-electron chi connectivity index (χ1n) is 9.96. The van der Waals surface area contributed by atoms with E-state index in [1.807, 2.05) is 12.1 Å². The number of carboxylic acid groups (broad SMARTS) is 1. The van der Waals surface area contributed by atoms with Crippen LogP contribution in [0.2, 0.25) is 0 Å². The number of hydrogen-bond donors (Lipinski definition) is 1. The largest absolute Gasteiger partial charge is 0.478 e. The molecule has 0 spiro atoms. The zero-order valence-electron chi connectivity index (χ0n) is 17.3. The number of unbranched alkanes of at least 4 members (excludes halogenated alkanes) is 1. The van der Waals surface area contributed by atoms with Crippen LogP contribution in [0.1, 0.15) is 58.3 Å². The molecule has 1 heterocycles. The number of aryl methyl sites for hydroxylation is 3. The Morgan fingerprint density at radius 3 is 2.36 bits per heavy atom. The van der Waals surface area contributed by atoms with Gasteiger partial charge in [-0.1, -0.05) is 32.4 Å². The molecule has 28 heavy (non-hydrogen) atoms. The number of nitrogens with zero attached hydrogens (tertiary/aromatic N) is 3. The molecule has 0 aliphatic rings. The zero-order chi connectivity index (χ0) is 20.7. The van der Waals surface area contributed by atoms with Crippen molar-refractivity contribution >= 4 is 5.97 Å². The lowest BCUT2D eigenvalue weighted by Crippen LogP contribution is -2.37. The molecule has 1 aromatic carbocycles. The molecule has 0 bridgehead atoms. The molecule has 7 nitrogen and oxygen atoms in total. The summed E-state index contributed by atoms with van der Waals surface area (Å²) in [7, 11) is 0. The van der Waals surface area contributed by atoms with Crippen LogP contribution >= 0.6 is 0 Å². The molecule has 0 radical (unpaired) electrons. The van der Waals surface area contributed by atoms with Crippen molar-refractivity contribution in [2.24, 2.45) is 0 Å². The summed E-state index contributed by atoms with van der Waals surface area (Å²) >= 11 is 0. The Morgan fingerprint density at radius 2 is 1.79 bits per heavy atom. The lowest BCUT2D eigenvalue weighted by atomic mass is 10.1. The summed E-state index contributed by atoms with van der Waals surface area (Å²) in [6, 6.07) is 7.39. The molecule has 1 aromatic heterocycles. The molecular weight excluding hydrogens is 358 g/mol. The number of rotatable bonds is 11. The highest BCUT2D eigenvalue weighted by Crippen LogP contribution is 2.20. The van der Waals surface area contributed by atoms with Crippen molar-refractivity contribution in [3.63, 3.8) is 0 Å². The van der Waals surface area contributed by atoms with Gasteiger partial charge in [0, 0.05) is 19.5 Å². The number of hydrogen-bond acceptors (Lipinski definition) is 4. The Morgan fingerprint density at radius 1 is 1.11 bits per heavy atom. The molecule has 0 aliphatic carbocycles. The summed E-state index contributed by atoms with van der Waals surface area (Å²) < 4.78 is 8.89. The van der Waals surface area contributed by atoms with Gasteiger partial charge in [0.05, 0.1) is 0 Å². The quantitative estimate of drug-likeness (QED) is 0.637. The van der Waals surface area contributed by atoms with Crippen molar-refractivity contribution in [3.05, 3.63) is 46.1 Å². The topological polar surface area (TPSA) is 86.3 Å². The summed E-state index contributed by atoms with van der Waals surface area (Å²) in [5.74, 6) is 0.322. The number of aromatic nitrogens is 3. The maximum atomic E-state index is 12.5. The molecule has 1 N–H and O–H groups in total. The second-order valence-electron chi connectivity index (χ2n) is 7.49. The van der Waals surface area contributed by atoms with Crippen molar-refractivity contribution in [3.8, 4) is 5.75 Å². The van der Waals surface area contributed by atoms with Crippen LogP contribution < -0.4 is 10.4 Å². The highest BCUT2D eigenvalue weighted by molar-refractivity contribution is 5.76. The van der Waals surface area contributed by atoms with Crippen LogP contribution in [-0.2, 0) is 30.7 Å². The van der Waals surface area contributed by atoms with Gasteiger partial charge in [0.25, 0.3) is 0 Å². The summed E-state index contributed by atoms with van der Waals surface area (Å²) in [4.78, 5) is 23.7. The smallest absolute Gasteiger partial charge is 0.347 e. The molecule has 0 saturated heterocycles. The lowest BCUT2D eigenvalue weighted by Gasteiger charge is -2.21. The zero-order valence-corrected chi connectivity index (χ0v) is 17.3. The van der Waals surface area contributed by atoms with Crippen LogP contribution in [0.3, 0.4) is 0 Å². The molecule has 2 aromatic rings. The molecule has 0 atom stereocenters. The van der Waals surface area contributed by atoms with E-state index in [-0.39, 0.29) is 5.69 Å². The monoisotopic (exact) mass is 389 g/mol. The third kappa shape index (κ3) is 5.47. The molecule has 7 heteroatoms. The van der Waals surface area contributed by atoms with Gasteiger partial charge in [-0.15, -0.1) is 0 Å². The van der Waals surface area contributed by atoms with Crippen LogP contribution in [0, 0.1) is 0 Å². The number of aliphatic carboxylic acids is 1. The maximum Gasteiger partial charge on any atom is 0.347 e. The number of carbonyl (C=O) groups is 1. The highest BCUT2D eigenvalue weighted by atomic mass is 16.5.